The highest BCUT2D eigenvalue weighted by molar-refractivity contribution is 7.98. The van der Waals surface area contributed by atoms with Crippen LogP contribution in [0.2, 0.25) is 0 Å². The van der Waals surface area contributed by atoms with Gasteiger partial charge in [0.05, 0.1) is 0 Å². The van der Waals surface area contributed by atoms with Gasteiger partial charge in [-0.15, -0.1) is 0 Å². The molecule has 0 fully saturated rings. The number of aromatic hydroxyl groups is 1. The van der Waals surface area contributed by atoms with E-state index in [1.165, 1.54) is 19.1 Å². The molecule has 0 aliphatic rings. The van der Waals surface area contributed by atoms with Gasteiger partial charge in [-0.3, -0.25) is 0 Å². The summed E-state index contributed by atoms with van der Waals surface area (Å²) < 4.78 is 233. The van der Waals surface area contributed by atoms with E-state index in [2.05, 4.69) is 0 Å². The van der Waals surface area contributed by atoms with E-state index in [4.69, 9.17) is 0 Å². The van der Waals surface area contributed by atoms with Crippen LogP contribution in [0.1, 0.15) is 29.5 Å². The van der Waals surface area contributed by atoms with Crippen molar-refractivity contribution in [3.8, 4) is 5.75 Å². The molecule has 42 heavy (non-hydrogen) atoms. The van der Waals surface area contributed by atoms with Crippen molar-refractivity contribution in [1.82, 2.24) is 0 Å². The van der Waals surface area contributed by atoms with Crippen molar-refractivity contribution in [3.05, 3.63) is 28.8 Å². The molecule has 1 N–H and O–H groups in total. The van der Waals surface area contributed by atoms with Crippen LogP contribution in [0.3, 0.4) is 0 Å². The Balaban J connectivity index is 2.85. The molecule has 0 bridgehead atoms. The van der Waals surface area contributed by atoms with Crippen molar-refractivity contribution in [3.63, 3.8) is 0 Å². The average Bonchev–Trinajstić information content (AvgIpc) is 2.79. The van der Waals surface area contributed by atoms with Gasteiger partial charge in [-0.05, 0) is 18.4 Å². The van der Waals surface area contributed by atoms with E-state index >= 15 is 0 Å². The first-order valence-electron chi connectivity index (χ1n) is 10.8. The summed E-state index contributed by atoms with van der Waals surface area (Å²) >= 11 is 0.572. The molecule has 0 saturated heterocycles. The number of hydrogen-bond donors (Lipinski definition) is 1. The minimum Gasteiger partial charge on any atom is -0.507 e. The van der Waals surface area contributed by atoms with Crippen molar-refractivity contribution in [2.24, 2.45) is 0 Å². The largest absolute Gasteiger partial charge is 0.507 e. The highest BCUT2D eigenvalue weighted by Gasteiger charge is 2.82. The summed E-state index contributed by atoms with van der Waals surface area (Å²) in [5.41, 5.74) is -0.0525. The van der Waals surface area contributed by atoms with E-state index in [-0.39, 0.29) is 40.2 Å². The van der Waals surface area contributed by atoms with Gasteiger partial charge in [0.25, 0.3) is 0 Å². The first-order chi connectivity index (χ1) is 18.5. The molecule has 0 amide bonds. The normalized spacial score (nSPS) is 14.9. The van der Waals surface area contributed by atoms with Gasteiger partial charge in [-0.2, -0.15) is 103 Å². The number of rotatable bonds is 14. The van der Waals surface area contributed by atoms with Gasteiger partial charge in [0, 0.05) is 35.5 Å². The molecule has 0 aliphatic heterocycles. The number of benzene rings is 1. The smallest absolute Gasteiger partial charge is 0.460 e. The number of halogens is 18. The zero-order valence-corrected chi connectivity index (χ0v) is 22.1. The molecule has 0 atom stereocenters. The van der Waals surface area contributed by atoms with Crippen molar-refractivity contribution in [2.45, 2.75) is 79.2 Å². The predicted octanol–water partition coefficient (Wildman–Crippen LogP) is 9.88. The van der Waals surface area contributed by atoms with Crippen molar-refractivity contribution >= 4 is 23.5 Å². The summed E-state index contributed by atoms with van der Waals surface area (Å²) in [6.45, 7) is 1.35. The Bertz CT molecular complexity index is 985. The Hall–Kier alpha value is -1.54. The van der Waals surface area contributed by atoms with E-state index in [0.717, 1.165) is 0 Å². The fourth-order valence-electron chi connectivity index (χ4n) is 3.05. The van der Waals surface area contributed by atoms with Crippen LogP contribution < -0.4 is 0 Å². The average molecular weight is 692 g/mol. The number of aryl methyl sites for hydroxylation is 1. The summed E-state index contributed by atoms with van der Waals surface area (Å²) in [7, 11) is 0. The fraction of sp³-hybridized carbons (Fsp3) is 0.714. The maximum atomic E-state index is 13.6. The summed E-state index contributed by atoms with van der Waals surface area (Å²) in [6, 6.07) is 2.35. The summed E-state index contributed by atoms with van der Waals surface area (Å²) in [5.74, 6) is -43.4. The van der Waals surface area contributed by atoms with E-state index in [0.29, 0.717) is 0 Å². The SMILES string of the molecule is Cc1cc(CSCCC(F)(F)C(F)(F)C(F)(F)C(F)(F)F)c(O)c(CSCCC(F)(F)C(F)(F)C(F)(F)C(F)(F)F)c1. The van der Waals surface area contributed by atoms with Crippen LogP contribution in [-0.4, -0.2) is 64.5 Å². The predicted molar refractivity (Wildman–Crippen MR) is 116 cm³/mol. The van der Waals surface area contributed by atoms with Gasteiger partial charge < -0.3 is 5.11 Å². The van der Waals surface area contributed by atoms with Crippen LogP contribution in [0.25, 0.3) is 0 Å². The number of hydrogen-bond acceptors (Lipinski definition) is 3. The Morgan fingerprint density at radius 1 is 0.524 bits per heavy atom. The molecule has 0 heterocycles. The van der Waals surface area contributed by atoms with Gasteiger partial charge in [-0.25, -0.2) is 0 Å². The molecule has 0 radical (unpaired) electrons. The minimum absolute atomic E-state index is 0.159. The Kier molecular flexibility index (Phi) is 11.4. The Morgan fingerprint density at radius 3 is 1.07 bits per heavy atom. The van der Waals surface area contributed by atoms with Crippen molar-refractivity contribution < 1.29 is 84.1 Å². The van der Waals surface area contributed by atoms with Crippen LogP contribution in [0.5, 0.6) is 5.75 Å². The quantitative estimate of drug-likeness (QED) is 0.155. The van der Waals surface area contributed by atoms with Gasteiger partial charge in [0.15, 0.2) is 0 Å². The third kappa shape index (κ3) is 7.57. The van der Waals surface area contributed by atoms with Gasteiger partial charge >= 0.3 is 47.9 Å². The van der Waals surface area contributed by atoms with Crippen LogP contribution in [0.15, 0.2) is 12.1 Å². The molecule has 0 spiro atoms. The zero-order valence-electron chi connectivity index (χ0n) is 20.5. The maximum absolute atomic E-state index is 13.6. The molecule has 0 unspecified atom stereocenters. The summed E-state index contributed by atoms with van der Waals surface area (Å²) in [4.78, 5) is 0. The zero-order chi connectivity index (χ0) is 33.4. The van der Waals surface area contributed by atoms with E-state index in [1.54, 1.807) is 0 Å². The van der Waals surface area contributed by atoms with E-state index < -0.39 is 89.5 Å². The lowest BCUT2D eigenvalue weighted by molar-refractivity contribution is -0.396. The van der Waals surface area contributed by atoms with E-state index in [9.17, 15) is 84.1 Å². The number of alkyl halides is 18. The lowest BCUT2D eigenvalue weighted by Gasteiger charge is -2.33. The summed E-state index contributed by atoms with van der Waals surface area (Å²) in [6.07, 6.45) is -18.3. The Labute approximate surface area is 233 Å². The first-order valence-corrected chi connectivity index (χ1v) is 13.2. The second kappa shape index (κ2) is 12.5. The molecule has 1 nitrogen and oxygen atoms in total. The highest BCUT2D eigenvalue weighted by atomic mass is 32.2. The monoisotopic (exact) mass is 692 g/mol. The molecule has 1 aromatic rings. The first kappa shape index (κ1) is 38.5. The molecule has 1 rings (SSSR count). The number of phenolic OH excluding ortho intramolecular Hbond substituents is 1. The molecule has 0 saturated carbocycles. The number of phenols is 1. The Morgan fingerprint density at radius 2 is 0.810 bits per heavy atom. The summed E-state index contributed by atoms with van der Waals surface area (Å²) in [5, 5.41) is 10.3. The molecule has 246 valence electrons. The molecular formula is C21H18F18OS2. The van der Waals surface area contributed by atoms with Crippen molar-refractivity contribution in [2.75, 3.05) is 11.5 Å². The minimum atomic E-state index is -7.06. The highest BCUT2D eigenvalue weighted by Crippen LogP contribution is 2.55. The third-order valence-corrected chi connectivity index (χ3v) is 7.48. The van der Waals surface area contributed by atoms with Crippen LogP contribution in [0, 0.1) is 6.92 Å². The van der Waals surface area contributed by atoms with Gasteiger partial charge in [0.1, 0.15) is 5.75 Å². The van der Waals surface area contributed by atoms with Crippen LogP contribution >= 0.6 is 23.5 Å². The topological polar surface area (TPSA) is 20.2 Å². The van der Waals surface area contributed by atoms with Crippen LogP contribution in [0.4, 0.5) is 79.0 Å². The van der Waals surface area contributed by atoms with E-state index in [1.807, 2.05) is 0 Å². The van der Waals surface area contributed by atoms with Crippen molar-refractivity contribution in [1.29, 1.82) is 0 Å². The molecule has 21 heteroatoms. The second-order valence-corrected chi connectivity index (χ2v) is 10.9. The lowest BCUT2D eigenvalue weighted by Crippen LogP contribution is -2.60. The van der Waals surface area contributed by atoms with Gasteiger partial charge in [0.2, 0.25) is 0 Å². The molecular weight excluding hydrogens is 674 g/mol. The lowest BCUT2D eigenvalue weighted by atomic mass is 10.0. The fourth-order valence-corrected chi connectivity index (χ4v) is 5.02. The maximum Gasteiger partial charge on any atom is 0.460 e. The molecule has 1 aromatic carbocycles. The third-order valence-electron chi connectivity index (χ3n) is 5.47. The molecule has 0 aromatic heterocycles. The van der Waals surface area contributed by atoms with Gasteiger partial charge in [-0.1, -0.05) is 17.7 Å². The number of thioether (sulfide) groups is 2. The van der Waals surface area contributed by atoms with Crippen LogP contribution in [-0.2, 0) is 11.5 Å². The second-order valence-electron chi connectivity index (χ2n) is 8.74. The standard InChI is InChI=1S/C21H18F18OS2/c1-10-6-11(8-41-4-2-14(22,23)16(26,27)18(30,31)20(34,35)36)13(40)12(7-10)9-42-5-3-15(24,25)17(28,29)19(32,33)21(37,38)39/h6-7,40H,2-5,8-9H2,1H3. The molecule has 0 aliphatic carbocycles.